The molecule has 2 aromatic rings. The molecule has 0 aromatic heterocycles. The van der Waals surface area contributed by atoms with E-state index < -0.39 is 11.7 Å². The number of amides is 1. The predicted molar refractivity (Wildman–Crippen MR) is 100 cm³/mol. The quantitative estimate of drug-likeness (QED) is 0.822. The van der Waals surface area contributed by atoms with Crippen molar-refractivity contribution in [2.45, 2.75) is 12.2 Å². The lowest BCUT2D eigenvalue weighted by molar-refractivity contribution is -0.137. The molecule has 0 saturated heterocycles. The normalized spacial score (nSPS) is 16.7. The van der Waals surface area contributed by atoms with Crippen LogP contribution in [0.1, 0.15) is 5.56 Å². The van der Waals surface area contributed by atoms with Gasteiger partial charge in [-0.1, -0.05) is 18.7 Å². The van der Waals surface area contributed by atoms with Crippen LogP contribution < -0.4 is 15.1 Å². The lowest BCUT2D eigenvalue weighted by atomic mass is 10.1. The second kappa shape index (κ2) is 7.34. The van der Waals surface area contributed by atoms with Crippen LogP contribution in [0.2, 0.25) is 0 Å². The first-order chi connectivity index (χ1) is 12.8. The van der Waals surface area contributed by atoms with Gasteiger partial charge in [-0.15, -0.1) is 0 Å². The van der Waals surface area contributed by atoms with Crippen LogP contribution in [0, 0.1) is 0 Å². The maximum absolute atomic E-state index is 12.9. The number of hydrogen-bond acceptors (Lipinski definition) is 3. The first kappa shape index (κ1) is 18.8. The smallest absolute Gasteiger partial charge is 0.366 e. The van der Waals surface area contributed by atoms with Crippen molar-refractivity contribution < 1.29 is 18.0 Å². The summed E-state index contributed by atoms with van der Waals surface area (Å²) in [5.74, 6) is -0.261. The van der Waals surface area contributed by atoms with Gasteiger partial charge in [-0.05, 0) is 42.5 Å². The van der Waals surface area contributed by atoms with Gasteiger partial charge in [0, 0.05) is 25.8 Å². The molecule has 0 aliphatic carbocycles. The fourth-order valence-electron chi connectivity index (χ4n) is 3.19. The predicted octanol–water partition coefficient (Wildman–Crippen LogP) is 3.96. The number of anilines is 3. The van der Waals surface area contributed by atoms with Gasteiger partial charge >= 0.3 is 6.18 Å². The molecule has 3 rings (SSSR count). The monoisotopic (exact) mass is 375 g/mol. The first-order valence-corrected chi connectivity index (χ1v) is 8.48. The van der Waals surface area contributed by atoms with Crippen molar-refractivity contribution in [1.29, 1.82) is 0 Å². The van der Waals surface area contributed by atoms with Gasteiger partial charge in [0.1, 0.15) is 0 Å². The number of benzene rings is 2. The molecule has 2 aromatic carbocycles. The summed E-state index contributed by atoms with van der Waals surface area (Å²) >= 11 is 0. The number of likely N-dealkylation sites (N-methyl/N-ethyl adjacent to an activating group) is 1. The van der Waals surface area contributed by atoms with Gasteiger partial charge in [0.15, 0.2) is 0 Å². The molecule has 0 spiro atoms. The topological polar surface area (TPSA) is 35.6 Å². The number of carbonyl (C=O) groups excluding carboxylic acids is 1. The SMILES string of the molecule is C=CC(=O)NCC1CN(c2ccc(C(F)(F)F)cc2)c2ccccc2N1C. The Labute approximate surface area is 155 Å². The molecular weight excluding hydrogens is 355 g/mol. The number of carbonyl (C=O) groups is 1. The van der Waals surface area contributed by atoms with E-state index in [-0.39, 0.29) is 11.9 Å². The third-order valence-electron chi connectivity index (χ3n) is 4.70. The van der Waals surface area contributed by atoms with E-state index >= 15 is 0 Å². The van der Waals surface area contributed by atoms with Crippen LogP contribution in [0.3, 0.4) is 0 Å². The third-order valence-corrected chi connectivity index (χ3v) is 4.70. The summed E-state index contributed by atoms with van der Waals surface area (Å²) in [6.45, 7) is 4.36. The molecule has 0 bridgehead atoms. The van der Waals surface area contributed by atoms with Crippen molar-refractivity contribution in [3.05, 3.63) is 66.7 Å². The van der Waals surface area contributed by atoms with E-state index in [1.165, 1.54) is 18.2 Å². The molecular formula is C20H20F3N3O. The van der Waals surface area contributed by atoms with E-state index in [1.54, 1.807) is 0 Å². The Balaban J connectivity index is 1.92. The van der Waals surface area contributed by atoms with Crippen LogP contribution in [0.15, 0.2) is 61.2 Å². The Morgan fingerprint density at radius 3 is 2.41 bits per heavy atom. The van der Waals surface area contributed by atoms with Gasteiger partial charge in [-0.3, -0.25) is 4.79 Å². The zero-order chi connectivity index (χ0) is 19.6. The molecule has 1 N–H and O–H groups in total. The fourth-order valence-corrected chi connectivity index (χ4v) is 3.19. The first-order valence-electron chi connectivity index (χ1n) is 8.48. The molecule has 27 heavy (non-hydrogen) atoms. The second-order valence-electron chi connectivity index (χ2n) is 6.36. The molecule has 0 saturated carbocycles. The highest BCUT2D eigenvalue weighted by Gasteiger charge is 2.32. The average Bonchev–Trinajstić information content (AvgIpc) is 2.67. The molecule has 1 unspecified atom stereocenters. The van der Waals surface area contributed by atoms with Gasteiger partial charge in [-0.25, -0.2) is 0 Å². The van der Waals surface area contributed by atoms with E-state index in [2.05, 4.69) is 16.8 Å². The van der Waals surface area contributed by atoms with E-state index in [0.717, 1.165) is 23.5 Å². The number of nitrogens with one attached hydrogen (secondary N) is 1. The number of fused-ring (bicyclic) bond motifs is 1. The Bertz CT molecular complexity index is 833. The fraction of sp³-hybridized carbons (Fsp3) is 0.250. The van der Waals surface area contributed by atoms with Gasteiger partial charge in [0.05, 0.1) is 23.0 Å². The van der Waals surface area contributed by atoms with Crippen molar-refractivity contribution in [1.82, 2.24) is 5.32 Å². The van der Waals surface area contributed by atoms with Crippen molar-refractivity contribution in [2.75, 3.05) is 29.9 Å². The van der Waals surface area contributed by atoms with Gasteiger partial charge in [0.2, 0.25) is 5.91 Å². The Morgan fingerprint density at radius 2 is 1.81 bits per heavy atom. The van der Waals surface area contributed by atoms with Crippen molar-refractivity contribution in [3.63, 3.8) is 0 Å². The lowest BCUT2D eigenvalue weighted by Gasteiger charge is -2.43. The van der Waals surface area contributed by atoms with Crippen LogP contribution in [-0.4, -0.2) is 32.1 Å². The summed E-state index contributed by atoms with van der Waals surface area (Å²) in [6.07, 6.45) is -3.15. The number of alkyl halides is 3. The summed E-state index contributed by atoms with van der Waals surface area (Å²) in [4.78, 5) is 15.6. The highest BCUT2D eigenvalue weighted by molar-refractivity contribution is 5.87. The maximum atomic E-state index is 12.9. The van der Waals surface area contributed by atoms with Crippen molar-refractivity contribution in [3.8, 4) is 0 Å². The minimum atomic E-state index is -4.37. The van der Waals surface area contributed by atoms with Gasteiger partial charge < -0.3 is 15.1 Å². The number of para-hydroxylation sites is 2. The molecule has 1 amide bonds. The number of halogens is 3. The summed E-state index contributed by atoms with van der Waals surface area (Å²) in [5, 5.41) is 2.79. The molecule has 1 aliphatic heterocycles. The van der Waals surface area contributed by atoms with E-state index in [1.807, 2.05) is 36.2 Å². The highest BCUT2D eigenvalue weighted by atomic mass is 19.4. The number of hydrogen-bond donors (Lipinski definition) is 1. The molecule has 1 aliphatic rings. The van der Waals surface area contributed by atoms with E-state index in [9.17, 15) is 18.0 Å². The zero-order valence-corrected chi connectivity index (χ0v) is 14.8. The van der Waals surface area contributed by atoms with E-state index in [0.29, 0.717) is 18.8 Å². The second-order valence-corrected chi connectivity index (χ2v) is 6.36. The number of rotatable bonds is 4. The molecule has 0 radical (unpaired) electrons. The molecule has 1 atom stereocenters. The maximum Gasteiger partial charge on any atom is 0.416 e. The van der Waals surface area contributed by atoms with Crippen LogP contribution in [0.5, 0.6) is 0 Å². The number of nitrogens with zero attached hydrogens (tertiary/aromatic N) is 2. The van der Waals surface area contributed by atoms with Crippen LogP contribution in [0.4, 0.5) is 30.2 Å². The van der Waals surface area contributed by atoms with Crippen LogP contribution in [0.25, 0.3) is 0 Å². The standard InChI is InChI=1S/C20H20F3N3O/c1-3-19(27)24-12-16-13-26(18-7-5-4-6-17(18)25(16)2)15-10-8-14(9-11-15)20(21,22)23/h3-11,16H,1,12-13H2,2H3,(H,24,27). The summed E-state index contributed by atoms with van der Waals surface area (Å²) < 4.78 is 38.6. The minimum Gasteiger partial charge on any atom is -0.366 e. The van der Waals surface area contributed by atoms with E-state index in [4.69, 9.17) is 0 Å². The zero-order valence-electron chi connectivity index (χ0n) is 14.8. The van der Waals surface area contributed by atoms with Crippen molar-refractivity contribution >= 4 is 23.0 Å². The molecule has 0 fully saturated rings. The molecule has 7 heteroatoms. The Kier molecular flexibility index (Phi) is 5.12. The average molecular weight is 375 g/mol. The lowest BCUT2D eigenvalue weighted by Crippen LogP contribution is -2.51. The van der Waals surface area contributed by atoms with Gasteiger partial charge in [0.25, 0.3) is 0 Å². The Morgan fingerprint density at radius 1 is 1.19 bits per heavy atom. The minimum absolute atomic E-state index is 0.0499. The Hall–Kier alpha value is -2.96. The van der Waals surface area contributed by atoms with Crippen molar-refractivity contribution in [2.24, 2.45) is 0 Å². The molecule has 1 heterocycles. The van der Waals surface area contributed by atoms with Crippen LogP contribution in [-0.2, 0) is 11.0 Å². The highest BCUT2D eigenvalue weighted by Crippen LogP contribution is 2.39. The van der Waals surface area contributed by atoms with Crippen LogP contribution >= 0.6 is 0 Å². The largest absolute Gasteiger partial charge is 0.416 e. The third kappa shape index (κ3) is 3.92. The summed E-state index contributed by atoms with van der Waals surface area (Å²) in [6, 6.07) is 12.8. The molecule has 142 valence electrons. The summed E-state index contributed by atoms with van der Waals surface area (Å²) in [5.41, 5.74) is 1.85. The molecule has 4 nitrogen and oxygen atoms in total. The van der Waals surface area contributed by atoms with Gasteiger partial charge in [-0.2, -0.15) is 13.2 Å². The summed E-state index contributed by atoms with van der Waals surface area (Å²) in [7, 11) is 1.94.